The fourth-order valence-corrected chi connectivity index (χ4v) is 0.407. The fraction of sp³-hybridized carbons (Fsp3) is 1.00. The maximum Gasteiger partial charge on any atom is 2.00 e. The van der Waals surface area contributed by atoms with E-state index in [0.717, 1.165) is 0 Å². The van der Waals surface area contributed by atoms with Gasteiger partial charge in [-0.25, -0.2) is 0 Å². The Morgan fingerprint density at radius 1 is 0.846 bits per heavy atom. The SMILES string of the molecule is CCOCC[O-].CCOCC[O-].[Cu+2]. The van der Waals surface area contributed by atoms with Gasteiger partial charge in [-0.05, 0) is 13.8 Å². The van der Waals surface area contributed by atoms with Crippen LogP contribution in [0.5, 0.6) is 0 Å². The van der Waals surface area contributed by atoms with Gasteiger partial charge < -0.3 is 19.7 Å². The van der Waals surface area contributed by atoms with E-state index in [-0.39, 0.29) is 30.3 Å². The molecule has 0 bridgehead atoms. The van der Waals surface area contributed by atoms with Gasteiger partial charge in [-0.3, -0.25) is 0 Å². The van der Waals surface area contributed by atoms with Crippen molar-refractivity contribution in [2.75, 3.05) is 39.6 Å². The van der Waals surface area contributed by atoms with Crippen molar-refractivity contribution < 1.29 is 36.8 Å². The zero-order chi connectivity index (χ0) is 9.66. The Kier molecular flexibility index (Phi) is 33.4. The predicted octanol–water partition coefficient (Wildman–Crippen LogP) is -1.24. The molecule has 0 aliphatic rings. The summed E-state index contributed by atoms with van der Waals surface area (Å²) >= 11 is 0. The number of hydrogen-bond donors (Lipinski definition) is 0. The van der Waals surface area contributed by atoms with Crippen molar-refractivity contribution in [3.8, 4) is 0 Å². The molecular formula is C8H18CuO4. The standard InChI is InChI=1S/2C4H9O2.Cu/c2*1-2-6-4-3-5;/h2*2-4H2,1H3;/q2*-1;+2. The van der Waals surface area contributed by atoms with E-state index in [1.54, 1.807) is 0 Å². The summed E-state index contributed by atoms with van der Waals surface area (Å²) in [6.07, 6.45) is 0. The molecule has 0 rings (SSSR count). The minimum Gasteiger partial charge on any atom is -0.853 e. The molecule has 0 fully saturated rings. The largest absolute Gasteiger partial charge is 2.00 e. The van der Waals surface area contributed by atoms with Crippen LogP contribution in [-0.4, -0.2) is 39.6 Å². The van der Waals surface area contributed by atoms with Gasteiger partial charge in [0.1, 0.15) is 0 Å². The first-order valence-electron chi connectivity index (χ1n) is 4.15. The van der Waals surface area contributed by atoms with Gasteiger partial charge in [0.2, 0.25) is 0 Å². The van der Waals surface area contributed by atoms with Gasteiger partial charge in [-0.2, -0.15) is 0 Å². The molecule has 1 radical (unpaired) electrons. The van der Waals surface area contributed by atoms with E-state index < -0.39 is 0 Å². The van der Waals surface area contributed by atoms with Gasteiger partial charge in [0.15, 0.2) is 0 Å². The topological polar surface area (TPSA) is 64.6 Å². The molecule has 0 saturated carbocycles. The van der Waals surface area contributed by atoms with E-state index in [2.05, 4.69) is 9.47 Å². The Bertz CT molecular complexity index is 48.1. The molecule has 0 aliphatic heterocycles. The summed E-state index contributed by atoms with van der Waals surface area (Å²) in [4.78, 5) is 0. The normalized spacial score (nSPS) is 8.31. The molecule has 0 atom stereocenters. The first-order chi connectivity index (χ1) is 5.83. The van der Waals surface area contributed by atoms with E-state index in [1.807, 2.05) is 13.8 Å². The maximum absolute atomic E-state index is 9.56. The molecule has 13 heavy (non-hydrogen) atoms. The fourth-order valence-electron chi connectivity index (χ4n) is 0.407. The van der Waals surface area contributed by atoms with Crippen LogP contribution in [0.4, 0.5) is 0 Å². The second kappa shape index (κ2) is 22.8. The number of rotatable bonds is 6. The van der Waals surface area contributed by atoms with Crippen molar-refractivity contribution in [1.82, 2.24) is 0 Å². The average molecular weight is 242 g/mol. The molecule has 4 nitrogen and oxygen atoms in total. The molecule has 0 N–H and O–H groups in total. The predicted molar refractivity (Wildman–Crippen MR) is 42.7 cm³/mol. The van der Waals surface area contributed by atoms with Crippen LogP contribution >= 0.6 is 0 Å². The van der Waals surface area contributed by atoms with Gasteiger partial charge in [-0.1, -0.05) is 0 Å². The van der Waals surface area contributed by atoms with Crippen molar-refractivity contribution >= 4 is 0 Å². The number of hydrogen-bond acceptors (Lipinski definition) is 4. The van der Waals surface area contributed by atoms with Crippen molar-refractivity contribution in [1.29, 1.82) is 0 Å². The van der Waals surface area contributed by atoms with Crippen molar-refractivity contribution in [2.24, 2.45) is 0 Å². The van der Waals surface area contributed by atoms with Crippen LogP contribution in [0.2, 0.25) is 0 Å². The monoisotopic (exact) mass is 241 g/mol. The van der Waals surface area contributed by atoms with Crippen LogP contribution in [0, 0.1) is 0 Å². The summed E-state index contributed by atoms with van der Waals surface area (Å²) in [5.74, 6) is 0. The maximum atomic E-state index is 9.56. The second-order valence-electron chi connectivity index (χ2n) is 1.80. The second-order valence-corrected chi connectivity index (χ2v) is 1.80. The molecule has 0 saturated heterocycles. The number of ether oxygens (including phenoxy) is 2. The van der Waals surface area contributed by atoms with E-state index >= 15 is 0 Å². The zero-order valence-electron chi connectivity index (χ0n) is 8.18. The summed E-state index contributed by atoms with van der Waals surface area (Å²) in [6, 6.07) is 0. The Morgan fingerprint density at radius 3 is 1.23 bits per heavy atom. The molecule has 85 valence electrons. The molecule has 0 aromatic rings. The molecule has 0 aromatic heterocycles. The molecule has 0 aliphatic carbocycles. The Hall–Kier alpha value is 0.359. The van der Waals surface area contributed by atoms with Crippen LogP contribution in [0.1, 0.15) is 13.8 Å². The van der Waals surface area contributed by atoms with Crippen LogP contribution in [0.3, 0.4) is 0 Å². The van der Waals surface area contributed by atoms with Crippen LogP contribution in [0.15, 0.2) is 0 Å². The Morgan fingerprint density at radius 2 is 1.15 bits per heavy atom. The average Bonchev–Trinajstić information content (AvgIpc) is 2.12. The van der Waals surface area contributed by atoms with Crippen LogP contribution in [0.25, 0.3) is 0 Å². The summed E-state index contributed by atoms with van der Waals surface area (Å²) in [5.41, 5.74) is 0. The van der Waals surface area contributed by atoms with Gasteiger partial charge in [0, 0.05) is 26.4 Å². The summed E-state index contributed by atoms with van der Waals surface area (Å²) in [6.45, 7) is 5.53. The minimum atomic E-state index is -0.117. The van der Waals surface area contributed by atoms with Gasteiger partial charge >= 0.3 is 17.1 Å². The quantitative estimate of drug-likeness (QED) is 0.431. The van der Waals surface area contributed by atoms with Crippen molar-refractivity contribution in [3.63, 3.8) is 0 Å². The van der Waals surface area contributed by atoms with Gasteiger partial charge in [0.25, 0.3) is 0 Å². The van der Waals surface area contributed by atoms with Gasteiger partial charge in [-0.15, -0.1) is 13.2 Å². The Balaban J connectivity index is -0.000000143. The van der Waals surface area contributed by atoms with Crippen LogP contribution in [-0.2, 0) is 26.5 Å². The summed E-state index contributed by atoms with van der Waals surface area (Å²) in [5, 5.41) is 19.1. The third-order valence-corrected chi connectivity index (χ3v) is 0.864. The summed E-state index contributed by atoms with van der Waals surface area (Å²) < 4.78 is 9.34. The first kappa shape index (κ1) is 19.0. The summed E-state index contributed by atoms with van der Waals surface area (Å²) in [7, 11) is 0. The van der Waals surface area contributed by atoms with E-state index in [9.17, 15) is 10.2 Å². The van der Waals surface area contributed by atoms with E-state index in [0.29, 0.717) is 26.4 Å². The zero-order valence-corrected chi connectivity index (χ0v) is 9.12. The van der Waals surface area contributed by atoms with Crippen molar-refractivity contribution in [2.45, 2.75) is 13.8 Å². The molecule has 0 amide bonds. The molecule has 0 heterocycles. The first-order valence-corrected chi connectivity index (χ1v) is 4.15. The van der Waals surface area contributed by atoms with Crippen molar-refractivity contribution in [3.05, 3.63) is 0 Å². The molecule has 0 unspecified atom stereocenters. The van der Waals surface area contributed by atoms with Crippen LogP contribution < -0.4 is 10.2 Å². The smallest absolute Gasteiger partial charge is 0.853 e. The molecule has 5 heteroatoms. The minimum absolute atomic E-state index is 0. The van der Waals surface area contributed by atoms with E-state index in [4.69, 9.17) is 0 Å². The molecular weight excluding hydrogens is 224 g/mol. The third-order valence-electron chi connectivity index (χ3n) is 0.864. The third kappa shape index (κ3) is 32.8. The van der Waals surface area contributed by atoms with Gasteiger partial charge in [0.05, 0.1) is 0 Å². The van der Waals surface area contributed by atoms with E-state index in [1.165, 1.54) is 0 Å². The molecule has 0 aromatic carbocycles. The Labute approximate surface area is 90.7 Å². The molecule has 0 spiro atoms.